The van der Waals surface area contributed by atoms with Gasteiger partial charge in [0.25, 0.3) is 0 Å². The summed E-state index contributed by atoms with van der Waals surface area (Å²) >= 11 is 1.51. The second-order valence-electron chi connectivity index (χ2n) is 4.13. The molecular weight excluding hydrogens is 276 g/mol. The summed E-state index contributed by atoms with van der Waals surface area (Å²) in [7, 11) is 1.80. The van der Waals surface area contributed by atoms with E-state index in [2.05, 4.69) is 31.1 Å². The first-order valence-electron chi connectivity index (χ1n) is 5.98. The van der Waals surface area contributed by atoms with Crippen molar-refractivity contribution in [3.8, 4) is 5.69 Å². The SMILES string of the molecule is CC(Sc1nnnn1C)c1nnnn1-c1ccccc1. The highest BCUT2D eigenvalue weighted by Crippen LogP contribution is 2.32. The fourth-order valence-corrected chi connectivity index (χ4v) is 2.57. The number of para-hydroxylation sites is 1. The molecule has 1 aromatic carbocycles. The lowest BCUT2D eigenvalue weighted by atomic mass is 10.3. The number of thioether (sulfide) groups is 1. The number of aryl methyl sites for hydroxylation is 1. The van der Waals surface area contributed by atoms with Gasteiger partial charge in [0.05, 0.1) is 10.9 Å². The van der Waals surface area contributed by atoms with Gasteiger partial charge in [-0.1, -0.05) is 30.0 Å². The Labute approximate surface area is 119 Å². The maximum Gasteiger partial charge on any atom is 0.209 e. The number of aromatic nitrogens is 8. The van der Waals surface area contributed by atoms with Gasteiger partial charge in [0, 0.05) is 7.05 Å². The predicted octanol–water partition coefficient (Wildman–Crippen LogP) is 1.04. The van der Waals surface area contributed by atoms with Crippen molar-refractivity contribution in [2.75, 3.05) is 0 Å². The van der Waals surface area contributed by atoms with Crippen LogP contribution in [0.3, 0.4) is 0 Å². The summed E-state index contributed by atoms with van der Waals surface area (Å²) in [4.78, 5) is 0. The molecule has 20 heavy (non-hydrogen) atoms. The number of rotatable bonds is 4. The molecule has 0 bridgehead atoms. The van der Waals surface area contributed by atoms with Gasteiger partial charge in [0.2, 0.25) is 5.16 Å². The molecule has 3 rings (SSSR count). The molecule has 2 heterocycles. The van der Waals surface area contributed by atoms with E-state index in [1.165, 1.54) is 11.8 Å². The summed E-state index contributed by atoms with van der Waals surface area (Å²) in [5.41, 5.74) is 0.927. The van der Waals surface area contributed by atoms with Crippen molar-refractivity contribution in [1.29, 1.82) is 0 Å². The van der Waals surface area contributed by atoms with Crippen molar-refractivity contribution in [3.63, 3.8) is 0 Å². The zero-order valence-corrected chi connectivity index (χ0v) is 11.8. The molecule has 1 unspecified atom stereocenters. The van der Waals surface area contributed by atoms with E-state index >= 15 is 0 Å². The van der Waals surface area contributed by atoms with E-state index in [1.54, 1.807) is 16.4 Å². The third-order valence-electron chi connectivity index (χ3n) is 2.72. The Morgan fingerprint density at radius 1 is 1.05 bits per heavy atom. The van der Waals surface area contributed by atoms with Crippen LogP contribution in [0, 0.1) is 0 Å². The summed E-state index contributed by atoms with van der Waals surface area (Å²) < 4.78 is 3.35. The minimum atomic E-state index is 0.0231. The van der Waals surface area contributed by atoms with Crippen LogP contribution in [-0.4, -0.2) is 40.4 Å². The van der Waals surface area contributed by atoms with Crippen molar-refractivity contribution in [2.24, 2.45) is 7.05 Å². The molecule has 8 nitrogen and oxygen atoms in total. The highest BCUT2D eigenvalue weighted by Gasteiger charge is 2.19. The Morgan fingerprint density at radius 2 is 1.80 bits per heavy atom. The van der Waals surface area contributed by atoms with Gasteiger partial charge in [-0.15, -0.1) is 10.2 Å². The largest absolute Gasteiger partial charge is 0.224 e. The highest BCUT2D eigenvalue weighted by atomic mass is 32.2. The van der Waals surface area contributed by atoms with Gasteiger partial charge in [0.1, 0.15) is 0 Å². The van der Waals surface area contributed by atoms with Crippen LogP contribution in [0.25, 0.3) is 5.69 Å². The Kier molecular flexibility index (Phi) is 3.42. The zero-order chi connectivity index (χ0) is 13.9. The van der Waals surface area contributed by atoms with Crippen LogP contribution in [0.1, 0.15) is 18.0 Å². The van der Waals surface area contributed by atoms with Crippen molar-refractivity contribution in [2.45, 2.75) is 17.3 Å². The minimum Gasteiger partial charge on any atom is -0.224 e. The molecule has 0 aliphatic rings. The first kappa shape index (κ1) is 12.7. The molecule has 0 saturated heterocycles. The van der Waals surface area contributed by atoms with Crippen molar-refractivity contribution < 1.29 is 0 Å². The smallest absolute Gasteiger partial charge is 0.209 e. The fraction of sp³-hybridized carbons (Fsp3) is 0.273. The first-order chi connectivity index (χ1) is 9.75. The Bertz CT molecular complexity index is 691. The predicted molar refractivity (Wildman–Crippen MR) is 72.2 cm³/mol. The molecule has 1 atom stereocenters. The van der Waals surface area contributed by atoms with E-state index in [1.807, 2.05) is 37.3 Å². The number of hydrogen-bond acceptors (Lipinski definition) is 7. The lowest BCUT2D eigenvalue weighted by molar-refractivity contribution is 0.662. The molecule has 0 amide bonds. The average molecular weight is 288 g/mol. The summed E-state index contributed by atoms with van der Waals surface area (Å²) in [5.74, 6) is 0.754. The van der Waals surface area contributed by atoms with Crippen LogP contribution in [0.15, 0.2) is 35.5 Å². The number of nitrogens with zero attached hydrogens (tertiary/aromatic N) is 8. The quantitative estimate of drug-likeness (QED) is 0.663. The molecule has 0 fully saturated rings. The van der Waals surface area contributed by atoms with Gasteiger partial charge < -0.3 is 0 Å². The van der Waals surface area contributed by atoms with E-state index in [4.69, 9.17) is 0 Å². The Balaban J connectivity index is 1.88. The number of benzene rings is 1. The van der Waals surface area contributed by atoms with Crippen molar-refractivity contribution in [3.05, 3.63) is 36.2 Å². The standard InChI is InChI=1S/C11H12N8S/c1-8(20-11-13-15-16-18(11)2)10-12-14-17-19(10)9-6-4-3-5-7-9/h3-8H,1-2H3. The summed E-state index contributed by atoms with van der Waals surface area (Å²) in [6, 6.07) is 9.77. The lowest BCUT2D eigenvalue weighted by Crippen LogP contribution is -2.05. The minimum absolute atomic E-state index is 0.0231. The van der Waals surface area contributed by atoms with E-state index in [0.29, 0.717) is 0 Å². The van der Waals surface area contributed by atoms with E-state index in [-0.39, 0.29) is 5.25 Å². The van der Waals surface area contributed by atoms with Gasteiger partial charge in [-0.05, 0) is 39.9 Å². The summed E-state index contributed by atoms with van der Waals surface area (Å²) in [6.45, 7) is 2.02. The fourth-order valence-electron chi connectivity index (χ4n) is 1.73. The third-order valence-corrected chi connectivity index (χ3v) is 3.84. The lowest BCUT2D eigenvalue weighted by Gasteiger charge is -2.09. The normalized spacial score (nSPS) is 12.5. The Hall–Kier alpha value is -2.29. The van der Waals surface area contributed by atoms with Crippen LogP contribution in [0.5, 0.6) is 0 Å². The van der Waals surface area contributed by atoms with Gasteiger partial charge in [-0.2, -0.15) is 4.68 Å². The van der Waals surface area contributed by atoms with Crippen LogP contribution >= 0.6 is 11.8 Å². The van der Waals surface area contributed by atoms with Crippen LogP contribution in [0.4, 0.5) is 0 Å². The Morgan fingerprint density at radius 3 is 2.50 bits per heavy atom. The van der Waals surface area contributed by atoms with E-state index < -0.39 is 0 Å². The molecular formula is C11H12N8S. The van der Waals surface area contributed by atoms with Gasteiger partial charge >= 0.3 is 0 Å². The molecule has 9 heteroatoms. The molecule has 0 spiro atoms. The maximum absolute atomic E-state index is 4.11. The van der Waals surface area contributed by atoms with Crippen LogP contribution in [-0.2, 0) is 7.05 Å². The third kappa shape index (κ3) is 2.39. The topological polar surface area (TPSA) is 87.2 Å². The van der Waals surface area contributed by atoms with Crippen LogP contribution in [0.2, 0.25) is 0 Å². The molecule has 0 aliphatic heterocycles. The molecule has 0 saturated carbocycles. The molecule has 2 aromatic heterocycles. The number of tetrazole rings is 2. The van der Waals surface area contributed by atoms with Gasteiger partial charge in [-0.3, -0.25) is 0 Å². The van der Waals surface area contributed by atoms with E-state index in [0.717, 1.165) is 16.7 Å². The maximum atomic E-state index is 4.11. The average Bonchev–Trinajstić information content (AvgIpc) is 3.09. The second-order valence-corrected chi connectivity index (χ2v) is 5.44. The van der Waals surface area contributed by atoms with Gasteiger partial charge in [-0.25, -0.2) is 4.68 Å². The van der Waals surface area contributed by atoms with Crippen molar-refractivity contribution >= 4 is 11.8 Å². The summed E-state index contributed by atoms with van der Waals surface area (Å²) in [5, 5.41) is 24.0. The molecule has 102 valence electrons. The zero-order valence-electron chi connectivity index (χ0n) is 11.0. The first-order valence-corrected chi connectivity index (χ1v) is 6.86. The molecule has 0 aliphatic carbocycles. The van der Waals surface area contributed by atoms with Crippen LogP contribution < -0.4 is 0 Å². The van der Waals surface area contributed by atoms with E-state index in [9.17, 15) is 0 Å². The molecule has 3 aromatic rings. The monoisotopic (exact) mass is 288 g/mol. The van der Waals surface area contributed by atoms with Gasteiger partial charge in [0.15, 0.2) is 5.82 Å². The second kappa shape index (κ2) is 5.37. The molecule has 0 radical (unpaired) electrons. The molecule has 0 N–H and O–H groups in total. The number of hydrogen-bond donors (Lipinski definition) is 0. The van der Waals surface area contributed by atoms with Crippen molar-refractivity contribution in [1.82, 2.24) is 40.4 Å². The highest BCUT2D eigenvalue weighted by molar-refractivity contribution is 7.99. The summed E-state index contributed by atoms with van der Waals surface area (Å²) in [6.07, 6.45) is 0.